The molecule has 3 nitrogen and oxygen atoms in total. The van der Waals surface area contributed by atoms with Crippen molar-refractivity contribution in [3.05, 3.63) is 59.7 Å². The summed E-state index contributed by atoms with van der Waals surface area (Å²) < 4.78 is 0. The van der Waals surface area contributed by atoms with E-state index in [1.807, 2.05) is 0 Å². The molecule has 2 aromatic rings. The Bertz CT molecular complexity index is 800. The molecule has 2 heterocycles. The highest BCUT2D eigenvalue weighted by Gasteiger charge is 2.47. The number of nitrogens with zero attached hydrogens (tertiary/aromatic N) is 1. The number of nitrogens with one attached hydrogen (secondary N) is 1. The molecule has 136 valence electrons. The summed E-state index contributed by atoms with van der Waals surface area (Å²) in [6.45, 7) is 5.98. The van der Waals surface area contributed by atoms with Gasteiger partial charge in [0.25, 0.3) is 0 Å². The monoisotopic (exact) mass is 366 g/mol. The van der Waals surface area contributed by atoms with Crippen molar-refractivity contribution in [2.75, 3.05) is 18.4 Å². The Morgan fingerprint density at radius 1 is 1.00 bits per heavy atom. The number of thioether (sulfide) groups is 1. The number of carbonyl (C=O) groups is 1. The van der Waals surface area contributed by atoms with Gasteiger partial charge in [-0.1, -0.05) is 50.2 Å². The Balaban J connectivity index is 1.75. The third-order valence-corrected chi connectivity index (χ3v) is 6.74. The minimum Gasteiger partial charge on any atom is -0.377 e. The van der Waals surface area contributed by atoms with Crippen LogP contribution in [-0.4, -0.2) is 29.1 Å². The molecule has 0 saturated heterocycles. The number of hydrogen-bond acceptors (Lipinski definition) is 3. The van der Waals surface area contributed by atoms with Crippen LogP contribution in [0, 0.1) is 0 Å². The molecule has 1 amide bonds. The smallest absolute Gasteiger partial charge is 0.236 e. The SMILES string of the molecule is CCCN(CCC)C(=O)C1Sc2ccccc2C2Nc3ccccc3C12. The number of rotatable bonds is 5. The zero-order chi connectivity index (χ0) is 18.1. The van der Waals surface area contributed by atoms with E-state index in [4.69, 9.17) is 0 Å². The highest BCUT2D eigenvalue weighted by molar-refractivity contribution is 8.00. The van der Waals surface area contributed by atoms with Crippen LogP contribution in [0.2, 0.25) is 0 Å². The predicted molar refractivity (Wildman–Crippen MR) is 109 cm³/mol. The van der Waals surface area contributed by atoms with Crippen LogP contribution in [0.4, 0.5) is 5.69 Å². The molecule has 4 rings (SSSR count). The van der Waals surface area contributed by atoms with Gasteiger partial charge in [0.05, 0.1) is 11.3 Å². The van der Waals surface area contributed by atoms with Gasteiger partial charge in [0, 0.05) is 29.6 Å². The average Bonchev–Trinajstić information content (AvgIpc) is 3.06. The van der Waals surface area contributed by atoms with E-state index in [1.54, 1.807) is 11.8 Å². The maximum Gasteiger partial charge on any atom is 0.236 e. The lowest BCUT2D eigenvalue weighted by molar-refractivity contribution is -0.131. The summed E-state index contributed by atoms with van der Waals surface area (Å²) in [5.41, 5.74) is 3.78. The molecule has 0 bridgehead atoms. The molecule has 0 spiro atoms. The van der Waals surface area contributed by atoms with Crippen LogP contribution < -0.4 is 5.32 Å². The second-order valence-electron chi connectivity index (χ2n) is 7.14. The zero-order valence-electron chi connectivity index (χ0n) is 15.4. The number of fused-ring (bicyclic) bond motifs is 5. The quantitative estimate of drug-likeness (QED) is 0.803. The van der Waals surface area contributed by atoms with Gasteiger partial charge in [0.2, 0.25) is 5.91 Å². The molecule has 3 unspecified atom stereocenters. The van der Waals surface area contributed by atoms with Crippen molar-refractivity contribution in [3.8, 4) is 0 Å². The standard InChI is InChI=1S/C22H26N2OS/c1-3-13-24(14-4-2)22(25)21-19-15-9-5-7-11-17(15)23-20(19)16-10-6-8-12-18(16)26-21/h5-12,19-21,23H,3-4,13-14H2,1-2H3. The van der Waals surface area contributed by atoms with Crippen molar-refractivity contribution < 1.29 is 4.79 Å². The van der Waals surface area contributed by atoms with Crippen LogP contribution in [0.5, 0.6) is 0 Å². The van der Waals surface area contributed by atoms with Crippen molar-refractivity contribution in [3.63, 3.8) is 0 Å². The predicted octanol–water partition coefficient (Wildman–Crippen LogP) is 5.06. The molecule has 0 aromatic heterocycles. The molecule has 1 N–H and O–H groups in total. The Morgan fingerprint density at radius 3 is 2.38 bits per heavy atom. The van der Waals surface area contributed by atoms with Crippen molar-refractivity contribution in [2.24, 2.45) is 0 Å². The summed E-state index contributed by atoms with van der Waals surface area (Å²) in [4.78, 5) is 16.8. The minimum atomic E-state index is -0.0656. The van der Waals surface area contributed by atoms with Gasteiger partial charge in [-0.25, -0.2) is 0 Å². The van der Waals surface area contributed by atoms with Gasteiger partial charge in [-0.05, 0) is 36.1 Å². The molecule has 2 aliphatic heterocycles. The lowest BCUT2D eigenvalue weighted by Gasteiger charge is -2.37. The fraction of sp³-hybridized carbons (Fsp3) is 0.409. The molecule has 0 aliphatic carbocycles. The molecular weight excluding hydrogens is 340 g/mol. The summed E-state index contributed by atoms with van der Waals surface area (Å²) in [5, 5.41) is 3.63. The van der Waals surface area contributed by atoms with Gasteiger partial charge < -0.3 is 10.2 Å². The third kappa shape index (κ3) is 2.90. The minimum absolute atomic E-state index is 0.0656. The molecule has 4 heteroatoms. The van der Waals surface area contributed by atoms with E-state index < -0.39 is 0 Å². The second kappa shape index (κ2) is 7.36. The summed E-state index contributed by atoms with van der Waals surface area (Å²) in [7, 11) is 0. The molecule has 0 fully saturated rings. The molecule has 0 saturated carbocycles. The Hall–Kier alpha value is -1.94. The fourth-order valence-corrected chi connectivity index (χ4v) is 5.74. The first kappa shape index (κ1) is 17.5. The average molecular weight is 367 g/mol. The van der Waals surface area contributed by atoms with Crippen molar-refractivity contribution in [1.29, 1.82) is 0 Å². The lowest BCUT2D eigenvalue weighted by atomic mass is 9.86. The number of anilines is 1. The lowest BCUT2D eigenvalue weighted by Crippen LogP contribution is -2.43. The number of carbonyl (C=O) groups excluding carboxylic acids is 1. The van der Waals surface area contributed by atoms with E-state index in [0.29, 0.717) is 5.91 Å². The molecule has 2 aliphatic rings. The first-order valence-corrected chi connectivity index (χ1v) is 10.5. The molecule has 26 heavy (non-hydrogen) atoms. The van der Waals surface area contributed by atoms with E-state index in [2.05, 4.69) is 72.6 Å². The van der Waals surface area contributed by atoms with Crippen LogP contribution in [0.15, 0.2) is 53.4 Å². The van der Waals surface area contributed by atoms with E-state index in [0.717, 1.165) is 25.9 Å². The van der Waals surface area contributed by atoms with Crippen LogP contribution >= 0.6 is 11.8 Å². The Labute approximate surface area is 160 Å². The van der Waals surface area contributed by atoms with Crippen molar-refractivity contribution >= 4 is 23.4 Å². The van der Waals surface area contributed by atoms with Gasteiger partial charge in [-0.2, -0.15) is 0 Å². The largest absolute Gasteiger partial charge is 0.377 e. The maximum absolute atomic E-state index is 13.5. The van der Waals surface area contributed by atoms with E-state index in [9.17, 15) is 4.79 Å². The van der Waals surface area contributed by atoms with Crippen LogP contribution in [0.3, 0.4) is 0 Å². The fourth-order valence-electron chi connectivity index (χ4n) is 4.28. The zero-order valence-corrected chi connectivity index (χ0v) is 16.3. The Kier molecular flexibility index (Phi) is 4.94. The van der Waals surface area contributed by atoms with Crippen LogP contribution in [0.25, 0.3) is 0 Å². The molecule has 0 radical (unpaired) electrons. The normalized spacial score (nSPS) is 22.8. The molecule has 3 atom stereocenters. The van der Waals surface area contributed by atoms with Gasteiger partial charge in [0.15, 0.2) is 0 Å². The van der Waals surface area contributed by atoms with E-state index in [-0.39, 0.29) is 17.2 Å². The van der Waals surface area contributed by atoms with E-state index >= 15 is 0 Å². The molecular formula is C22H26N2OS. The van der Waals surface area contributed by atoms with Crippen molar-refractivity contribution in [1.82, 2.24) is 4.90 Å². The summed E-state index contributed by atoms with van der Waals surface area (Å²) in [6, 6.07) is 17.2. The number of hydrogen-bond donors (Lipinski definition) is 1. The van der Waals surface area contributed by atoms with E-state index in [1.165, 1.54) is 21.7 Å². The first-order valence-electron chi connectivity index (χ1n) is 9.64. The van der Waals surface area contributed by atoms with Gasteiger partial charge in [0.1, 0.15) is 0 Å². The van der Waals surface area contributed by atoms with Gasteiger partial charge in [-0.3, -0.25) is 4.79 Å². The summed E-state index contributed by atoms with van der Waals surface area (Å²) >= 11 is 1.75. The first-order chi connectivity index (χ1) is 12.7. The summed E-state index contributed by atoms with van der Waals surface area (Å²) in [5.74, 6) is 0.483. The van der Waals surface area contributed by atoms with Gasteiger partial charge in [-0.15, -0.1) is 11.8 Å². The van der Waals surface area contributed by atoms with Crippen molar-refractivity contribution in [2.45, 2.75) is 48.8 Å². The number of amides is 1. The van der Waals surface area contributed by atoms with Crippen LogP contribution in [-0.2, 0) is 4.79 Å². The van der Waals surface area contributed by atoms with Crippen LogP contribution in [0.1, 0.15) is 49.8 Å². The Morgan fingerprint density at radius 2 is 1.65 bits per heavy atom. The highest BCUT2D eigenvalue weighted by Crippen LogP contribution is 2.55. The summed E-state index contributed by atoms with van der Waals surface area (Å²) in [6.07, 6.45) is 2.01. The second-order valence-corrected chi connectivity index (χ2v) is 8.32. The highest BCUT2D eigenvalue weighted by atomic mass is 32.2. The van der Waals surface area contributed by atoms with Gasteiger partial charge >= 0.3 is 0 Å². The number of para-hydroxylation sites is 1. The topological polar surface area (TPSA) is 32.3 Å². The third-order valence-electron chi connectivity index (χ3n) is 5.37. The maximum atomic E-state index is 13.5. The molecule has 2 aromatic carbocycles. The number of benzene rings is 2.